The van der Waals surface area contributed by atoms with Gasteiger partial charge in [-0.25, -0.2) is 9.37 Å². The second-order valence-corrected chi connectivity index (χ2v) is 5.01. The van der Waals surface area contributed by atoms with Crippen LogP contribution < -0.4 is 10.1 Å². The standard InChI is InChI=1S/C15H16FN5O/c1-9-6-14(21-15(19-9)17-8-18-21)20-10(2)11-4-5-13(22-3)12(16)7-11/h4-8,10,20H,1-3H3. The van der Waals surface area contributed by atoms with Gasteiger partial charge < -0.3 is 10.1 Å². The predicted molar refractivity (Wildman–Crippen MR) is 80.5 cm³/mol. The van der Waals surface area contributed by atoms with Gasteiger partial charge in [-0.15, -0.1) is 0 Å². The van der Waals surface area contributed by atoms with Crippen LogP contribution in [0.4, 0.5) is 10.2 Å². The Kier molecular flexibility index (Phi) is 3.62. The summed E-state index contributed by atoms with van der Waals surface area (Å²) < 4.78 is 20.4. The van der Waals surface area contributed by atoms with Crippen molar-refractivity contribution in [1.29, 1.82) is 0 Å². The number of benzene rings is 1. The predicted octanol–water partition coefficient (Wildman–Crippen LogP) is 2.75. The molecule has 0 saturated heterocycles. The van der Waals surface area contributed by atoms with E-state index in [4.69, 9.17) is 4.74 Å². The normalized spacial score (nSPS) is 12.4. The molecule has 0 amide bonds. The smallest absolute Gasteiger partial charge is 0.254 e. The van der Waals surface area contributed by atoms with Crippen LogP contribution in [-0.2, 0) is 0 Å². The lowest BCUT2D eigenvalue weighted by Gasteiger charge is -2.17. The van der Waals surface area contributed by atoms with Gasteiger partial charge in [0.1, 0.15) is 12.1 Å². The minimum Gasteiger partial charge on any atom is -0.494 e. The molecule has 0 fully saturated rings. The zero-order valence-corrected chi connectivity index (χ0v) is 12.5. The summed E-state index contributed by atoms with van der Waals surface area (Å²) in [6.45, 7) is 3.83. The van der Waals surface area contributed by atoms with E-state index in [1.54, 1.807) is 10.6 Å². The van der Waals surface area contributed by atoms with Crippen LogP contribution >= 0.6 is 0 Å². The third-order valence-electron chi connectivity index (χ3n) is 3.42. The molecule has 0 saturated carbocycles. The first-order chi connectivity index (χ1) is 10.6. The molecular formula is C15H16FN5O. The maximum Gasteiger partial charge on any atom is 0.254 e. The monoisotopic (exact) mass is 301 g/mol. The van der Waals surface area contributed by atoms with Gasteiger partial charge in [0.05, 0.1) is 13.2 Å². The quantitative estimate of drug-likeness (QED) is 0.802. The number of nitrogens with zero attached hydrogens (tertiary/aromatic N) is 4. The highest BCUT2D eigenvalue weighted by atomic mass is 19.1. The molecule has 3 aromatic rings. The molecule has 6 nitrogen and oxygen atoms in total. The highest BCUT2D eigenvalue weighted by molar-refractivity contribution is 5.46. The first-order valence-corrected chi connectivity index (χ1v) is 6.86. The van der Waals surface area contributed by atoms with E-state index in [1.807, 2.05) is 26.0 Å². The summed E-state index contributed by atoms with van der Waals surface area (Å²) in [6.07, 6.45) is 1.45. The van der Waals surface area contributed by atoms with E-state index in [1.165, 1.54) is 19.5 Å². The molecule has 114 valence electrons. The lowest BCUT2D eigenvalue weighted by molar-refractivity contribution is 0.386. The molecule has 0 radical (unpaired) electrons. The number of nitrogens with one attached hydrogen (secondary N) is 1. The molecule has 0 aliphatic rings. The number of rotatable bonds is 4. The van der Waals surface area contributed by atoms with Crippen LogP contribution in [0.3, 0.4) is 0 Å². The Morgan fingerprint density at radius 1 is 1.32 bits per heavy atom. The summed E-state index contributed by atoms with van der Waals surface area (Å²) in [5.41, 5.74) is 1.64. The number of aryl methyl sites for hydroxylation is 1. The average molecular weight is 301 g/mol. The lowest BCUT2D eigenvalue weighted by atomic mass is 10.1. The van der Waals surface area contributed by atoms with Gasteiger partial charge in [0.2, 0.25) is 0 Å². The third-order valence-corrected chi connectivity index (χ3v) is 3.42. The highest BCUT2D eigenvalue weighted by Crippen LogP contribution is 2.24. The van der Waals surface area contributed by atoms with Crippen LogP contribution in [0.2, 0.25) is 0 Å². The number of ether oxygens (including phenoxy) is 1. The van der Waals surface area contributed by atoms with Crippen LogP contribution in [-0.4, -0.2) is 26.7 Å². The Bertz CT molecular complexity index is 817. The van der Waals surface area contributed by atoms with E-state index in [0.717, 1.165) is 17.1 Å². The Hall–Kier alpha value is -2.70. The second-order valence-electron chi connectivity index (χ2n) is 5.01. The van der Waals surface area contributed by atoms with Crippen molar-refractivity contribution in [1.82, 2.24) is 19.6 Å². The zero-order valence-electron chi connectivity index (χ0n) is 12.5. The van der Waals surface area contributed by atoms with Gasteiger partial charge in [0, 0.05) is 11.8 Å². The van der Waals surface area contributed by atoms with Gasteiger partial charge in [0.25, 0.3) is 5.78 Å². The van der Waals surface area contributed by atoms with Gasteiger partial charge in [-0.3, -0.25) is 0 Å². The van der Waals surface area contributed by atoms with Gasteiger partial charge in [-0.1, -0.05) is 6.07 Å². The molecule has 2 heterocycles. The molecule has 0 aliphatic heterocycles. The van der Waals surface area contributed by atoms with Crippen molar-refractivity contribution in [2.75, 3.05) is 12.4 Å². The number of fused-ring (bicyclic) bond motifs is 1. The van der Waals surface area contributed by atoms with E-state index < -0.39 is 0 Å². The summed E-state index contributed by atoms with van der Waals surface area (Å²) in [4.78, 5) is 8.37. The molecule has 0 bridgehead atoms. The summed E-state index contributed by atoms with van der Waals surface area (Å²) in [5.74, 6) is 1.12. The molecule has 22 heavy (non-hydrogen) atoms. The summed E-state index contributed by atoms with van der Waals surface area (Å²) in [5, 5.41) is 7.44. The number of methoxy groups -OCH3 is 1. The van der Waals surface area contributed by atoms with Crippen molar-refractivity contribution in [3.8, 4) is 5.75 Å². The lowest BCUT2D eigenvalue weighted by Crippen LogP contribution is -2.11. The molecule has 1 aromatic carbocycles. The second kappa shape index (κ2) is 5.59. The molecule has 3 rings (SSSR count). The Balaban J connectivity index is 1.91. The van der Waals surface area contributed by atoms with Crippen LogP contribution in [0.25, 0.3) is 5.78 Å². The number of hydrogen-bond acceptors (Lipinski definition) is 5. The topological polar surface area (TPSA) is 64.3 Å². The first-order valence-electron chi connectivity index (χ1n) is 6.86. The summed E-state index contributed by atoms with van der Waals surface area (Å²) in [7, 11) is 1.45. The zero-order chi connectivity index (χ0) is 15.7. The van der Waals surface area contributed by atoms with Crippen molar-refractivity contribution in [3.63, 3.8) is 0 Å². The van der Waals surface area contributed by atoms with Gasteiger partial charge >= 0.3 is 0 Å². The molecule has 0 spiro atoms. The number of halogens is 1. The minimum absolute atomic E-state index is 0.116. The van der Waals surface area contributed by atoms with Crippen molar-refractivity contribution in [3.05, 3.63) is 47.7 Å². The van der Waals surface area contributed by atoms with Crippen LogP contribution in [0.15, 0.2) is 30.6 Å². The molecule has 0 aliphatic carbocycles. The van der Waals surface area contributed by atoms with Gasteiger partial charge in [0.15, 0.2) is 11.6 Å². The van der Waals surface area contributed by atoms with Gasteiger partial charge in [-0.2, -0.15) is 14.6 Å². The molecule has 2 aromatic heterocycles. The SMILES string of the molecule is COc1ccc(C(C)Nc2cc(C)nc3ncnn23)cc1F. The molecule has 1 unspecified atom stereocenters. The maximum absolute atomic E-state index is 13.8. The number of aromatic nitrogens is 4. The average Bonchev–Trinajstić information content (AvgIpc) is 2.95. The van der Waals surface area contributed by atoms with Crippen molar-refractivity contribution in [2.24, 2.45) is 0 Å². The summed E-state index contributed by atoms with van der Waals surface area (Å²) in [6, 6.07) is 6.66. The van der Waals surface area contributed by atoms with Crippen molar-refractivity contribution < 1.29 is 9.13 Å². The fourth-order valence-electron chi connectivity index (χ4n) is 2.29. The Labute approximate surface area is 127 Å². The highest BCUT2D eigenvalue weighted by Gasteiger charge is 2.12. The van der Waals surface area contributed by atoms with E-state index in [2.05, 4.69) is 20.4 Å². The van der Waals surface area contributed by atoms with Crippen molar-refractivity contribution >= 4 is 11.6 Å². The maximum atomic E-state index is 13.8. The third kappa shape index (κ3) is 2.57. The van der Waals surface area contributed by atoms with Crippen LogP contribution in [0.1, 0.15) is 24.2 Å². The van der Waals surface area contributed by atoms with Gasteiger partial charge in [-0.05, 0) is 31.5 Å². The first kappa shape index (κ1) is 14.2. The van der Waals surface area contributed by atoms with E-state index in [9.17, 15) is 4.39 Å². The molecule has 1 atom stereocenters. The minimum atomic E-state index is -0.384. The Morgan fingerprint density at radius 3 is 2.86 bits per heavy atom. The van der Waals surface area contributed by atoms with Crippen LogP contribution in [0.5, 0.6) is 5.75 Å². The van der Waals surface area contributed by atoms with Crippen LogP contribution in [0, 0.1) is 12.7 Å². The molecular weight excluding hydrogens is 285 g/mol. The number of anilines is 1. The molecule has 1 N–H and O–H groups in total. The molecule has 7 heteroatoms. The van der Waals surface area contributed by atoms with Crippen molar-refractivity contribution in [2.45, 2.75) is 19.9 Å². The largest absolute Gasteiger partial charge is 0.494 e. The Morgan fingerprint density at radius 2 is 2.14 bits per heavy atom. The fraction of sp³-hybridized carbons (Fsp3) is 0.267. The van der Waals surface area contributed by atoms with E-state index in [0.29, 0.717) is 5.78 Å². The fourth-order valence-corrected chi connectivity index (χ4v) is 2.29. The summed E-state index contributed by atoms with van der Waals surface area (Å²) >= 11 is 0. The number of hydrogen-bond donors (Lipinski definition) is 1. The van der Waals surface area contributed by atoms with E-state index in [-0.39, 0.29) is 17.6 Å². The van der Waals surface area contributed by atoms with E-state index >= 15 is 0 Å².